The Hall–Kier alpha value is -2.11. The number of aromatic nitrogens is 1. The monoisotopic (exact) mass is 347 g/mol. The molecule has 1 atom stereocenters. The first-order valence-electron chi connectivity index (χ1n) is 8.87. The second-order valence-corrected chi connectivity index (χ2v) is 7.96. The van der Waals surface area contributed by atoms with Crippen molar-refractivity contribution in [2.75, 3.05) is 0 Å². The fraction of sp³-hybridized carbons (Fsp3) is 0.632. The Labute approximate surface area is 149 Å². The highest BCUT2D eigenvalue weighted by Crippen LogP contribution is 2.35. The molecule has 0 saturated heterocycles. The van der Waals surface area contributed by atoms with Gasteiger partial charge in [0.25, 0.3) is 0 Å². The third-order valence-electron chi connectivity index (χ3n) is 4.26. The third-order valence-corrected chi connectivity index (χ3v) is 4.26. The highest BCUT2D eigenvalue weighted by Gasteiger charge is 2.41. The zero-order chi connectivity index (χ0) is 18.5. The Kier molecular flexibility index (Phi) is 6.03. The molecule has 1 aromatic rings. The van der Waals surface area contributed by atoms with Gasteiger partial charge in [-0.2, -0.15) is 0 Å². The molecule has 0 bridgehead atoms. The van der Waals surface area contributed by atoms with Crippen molar-refractivity contribution in [3.8, 4) is 0 Å². The van der Waals surface area contributed by atoms with Crippen LogP contribution < -0.4 is 10.6 Å². The lowest BCUT2D eigenvalue weighted by molar-refractivity contribution is -0.157. The standard InChI is InChI=1S/C19H29N3O3/c1-14(12-15-6-10-20-11-7-15)21-17(24)22-19(8-5-9-19)13-16(23)25-18(2,3)4/h6-7,10-11,14H,5,8-9,12-13H2,1-4H3,(H2,21,22,24). The molecule has 1 unspecified atom stereocenters. The number of hydrogen-bond acceptors (Lipinski definition) is 4. The van der Waals surface area contributed by atoms with Crippen LogP contribution in [0.2, 0.25) is 0 Å². The molecular weight excluding hydrogens is 318 g/mol. The quantitative estimate of drug-likeness (QED) is 0.775. The first-order chi connectivity index (χ1) is 11.7. The summed E-state index contributed by atoms with van der Waals surface area (Å²) in [6.07, 6.45) is 7.05. The lowest BCUT2D eigenvalue weighted by Gasteiger charge is -2.42. The van der Waals surface area contributed by atoms with Crippen LogP contribution in [-0.4, -0.2) is 34.2 Å². The molecule has 6 heteroatoms. The second-order valence-electron chi connectivity index (χ2n) is 7.96. The van der Waals surface area contributed by atoms with Crippen LogP contribution in [0.1, 0.15) is 58.9 Å². The van der Waals surface area contributed by atoms with Crippen LogP contribution in [0.4, 0.5) is 4.79 Å². The Balaban J connectivity index is 1.83. The molecular formula is C19H29N3O3. The van der Waals surface area contributed by atoms with Crippen LogP contribution in [0.25, 0.3) is 0 Å². The summed E-state index contributed by atoms with van der Waals surface area (Å²) in [6.45, 7) is 7.50. The van der Waals surface area contributed by atoms with Gasteiger partial charge in [-0.15, -0.1) is 0 Å². The first-order valence-corrected chi connectivity index (χ1v) is 8.87. The van der Waals surface area contributed by atoms with Gasteiger partial charge in [0, 0.05) is 18.4 Å². The molecule has 0 aromatic carbocycles. The first kappa shape index (κ1) is 19.2. The van der Waals surface area contributed by atoms with Crippen LogP contribution in [0, 0.1) is 0 Å². The van der Waals surface area contributed by atoms with Gasteiger partial charge in [0.15, 0.2) is 0 Å². The van der Waals surface area contributed by atoms with E-state index in [1.54, 1.807) is 12.4 Å². The van der Waals surface area contributed by atoms with E-state index in [4.69, 9.17) is 4.74 Å². The number of rotatable bonds is 6. The number of hydrogen-bond donors (Lipinski definition) is 2. The Bertz CT molecular complexity index is 592. The van der Waals surface area contributed by atoms with Crippen LogP contribution in [0.5, 0.6) is 0 Å². The molecule has 1 aromatic heterocycles. The molecule has 0 radical (unpaired) electrons. The minimum absolute atomic E-state index is 0.0129. The number of pyridine rings is 1. The van der Waals surface area contributed by atoms with E-state index >= 15 is 0 Å². The molecule has 1 aliphatic rings. The minimum atomic E-state index is -0.511. The fourth-order valence-corrected chi connectivity index (χ4v) is 3.03. The van der Waals surface area contributed by atoms with Crippen molar-refractivity contribution in [1.29, 1.82) is 0 Å². The number of nitrogens with zero attached hydrogens (tertiary/aromatic N) is 1. The number of carbonyl (C=O) groups is 2. The predicted octanol–water partition coefficient (Wildman–Crippen LogP) is 2.97. The highest BCUT2D eigenvalue weighted by atomic mass is 16.6. The van der Waals surface area contributed by atoms with Gasteiger partial charge < -0.3 is 15.4 Å². The summed E-state index contributed by atoms with van der Waals surface area (Å²) < 4.78 is 5.39. The maximum Gasteiger partial charge on any atom is 0.315 e. The summed E-state index contributed by atoms with van der Waals surface area (Å²) in [5.41, 5.74) is 0.140. The van der Waals surface area contributed by atoms with E-state index in [9.17, 15) is 9.59 Å². The molecule has 2 N–H and O–H groups in total. The van der Waals surface area contributed by atoms with Crippen molar-refractivity contribution in [2.24, 2.45) is 0 Å². The number of nitrogens with one attached hydrogen (secondary N) is 2. The lowest BCUT2D eigenvalue weighted by Crippen LogP contribution is -2.58. The topological polar surface area (TPSA) is 80.3 Å². The summed E-state index contributed by atoms with van der Waals surface area (Å²) in [4.78, 5) is 28.4. The van der Waals surface area contributed by atoms with Crippen molar-refractivity contribution in [3.05, 3.63) is 30.1 Å². The van der Waals surface area contributed by atoms with Crippen molar-refractivity contribution in [1.82, 2.24) is 15.6 Å². The van der Waals surface area contributed by atoms with E-state index in [0.29, 0.717) is 0 Å². The molecule has 2 amide bonds. The van der Waals surface area contributed by atoms with E-state index in [1.165, 1.54) is 0 Å². The van der Waals surface area contributed by atoms with Crippen LogP contribution in [0.15, 0.2) is 24.5 Å². The van der Waals surface area contributed by atoms with Gasteiger partial charge in [-0.1, -0.05) is 0 Å². The Morgan fingerprint density at radius 2 is 1.92 bits per heavy atom. The van der Waals surface area contributed by atoms with Gasteiger partial charge in [-0.25, -0.2) is 4.79 Å². The van der Waals surface area contributed by atoms with Crippen molar-refractivity contribution in [2.45, 2.75) is 77.0 Å². The molecule has 1 heterocycles. The van der Waals surface area contributed by atoms with Crippen molar-refractivity contribution < 1.29 is 14.3 Å². The molecule has 1 aliphatic carbocycles. The summed E-state index contributed by atoms with van der Waals surface area (Å²) in [5, 5.41) is 5.95. The maximum absolute atomic E-state index is 12.3. The van der Waals surface area contributed by atoms with Crippen LogP contribution >= 0.6 is 0 Å². The number of urea groups is 1. The average molecular weight is 347 g/mol. The largest absolute Gasteiger partial charge is 0.460 e. The number of amides is 2. The van der Waals surface area contributed by atoms with Crippen LogP contribution in [-0.2, 0) is 16.0 Å². The SMILES string of the molecule is CC(Cc1ccncc1)NC(=O)NC1(CC(=O)OC(C)(C)C)CCC1. The normalized spacial score (nSPS) is 17.1. The van der Waals surface area contributed by atoms with Gasteiger partial charge in [-0.05, 0) is 71.1 Å². The van der Waals surface area contributed by atoms with E-state index in [1.807, 2.05) is 39.8 Å². The lowest BCUT2D eigenvalue weighted by atomic mass is 9.74. The smallest absolute Gasteiger partial charge is 0.315 e. The Morgan fingerprint density at radius 3 is 2.44 bits per heavy atom. The average Bonchev–Trinajstić information content (AvgIpc) is 2.43. The number of carbonyl (C=O) groups excluding carboxylic acids is 2. The van der Waals surface area contributed by atoms with E-state index < -0.39 is 11.1 Å². The zero-order valence-electron chi connectivity index (χ0n) is 15.6. The Morgan fingerprint density at radius 1 is 1.28 bits per heavy atom. The van der Waals surface area contributed by atoms with Crippen LogP contribution in [0.3, 0.4) is 0 Å². The molecule has 6 nitrogen and oxygen atoms in total. The molecule has 0 spiro atoms. The van der Waals surface area contributed by atoms with Crippen molar-refractivity contribution >= 4 is 12.0 Å². The molecule has 1 fully saturated rings. The maximum atomic E-state index is 12.3. The number of esters is 1. The van der Waals surface area contributed by atoms with E-state index in [2.05, 4.69) is 15.6 Å². The van der Waals surface area contributed by atoms with Gasteiger partial charge in [0.05, 0.1) is 12.0 Å². The summed E-state index contributed by atoms with van der Waals surface area (Å²) in [7, 11) is 0. The molecule has 2 rings (SSSR count). The fourth-order valence-electron chi connectivity index (χ4n) is 3.03. The van der Waals surface area contributed by atoms with Gasteiger partial charge >= 0.3 is 12.0 Å². The van der Waals surface area contributed by atoms with Gasteiger partial charge in [0.1, 0.15) is 5.60 Å². The molecule has 1 saturated carbocycles. The third kappa shape index (κ3) is 6.36. The summed E-state index contributed by atoms with van der Waals surface area (Å²) >= 11 is 0. The molecule has 138 valence electrons. The zero-order valence-corrected chi connectivity index (χ0v) is 15.6. The van der Waals surface area contributed by atoms with Gasteiger partial charge in [-0.3, -0.25) is 9.78 Å². The summed E-state index contributed by atoms with van der Waals surface area (Å²) in [5.74, 6) is -0.266. The minimum Gasteiger partial charge on any atom is -0.460 e. The van der Waals surface area contributed by atoms with Crippen molar-refractivity contribution in [3.63, 3.8) is 0 Å². The molecule has 0 aliphatic heterocycles. The molecule has 25 heavy (non-hydrogen) atoms. The second kappa shape index (κ2) is 7.85. The van der Waals surface area contributed by atoms with E-state index in [-0.39, 0.29) is 24.5 Å². The summed E-state index contributed by atoms with van der Waals surface area (Å²) in [6, 6.07) is 3.63. The van der Waals surface area contributed by atoms with E-state index in [0.717, 1.165) is 31.2 Å². The van der Waals surface area contributed by atoms with Gasteiger partial charge in [0.2, 0.25) is 0 Å². The predicted molar refractivity (Wildman–Crippen MR) is 96.1 cm³/mol. The highest BCUT2D eigenvalue weighted by molar-refractivity contribution is 5.78. The number of ether oxygens (including phenoxy) is 1.